The molecule has 5 nitrogen and oxygen atoms in total. The highest BCUT2D eigenvalue weighted by Gasteiger charge is 2.36. The van der Waals surface area contributed by atoms with Crippen molar-refractivity contribution in [1.29, 1.82) is 0 Å². The summed E-state index contributed by atoms with van der Waals surface area (Å²) in [6.45, 7) is 2.12. The van der Waals surface area contributed by atoms with Gasteiger partial charge < -0.3 is 11.5 Å². The molecule has 1 aliphatic rings. The molecule has 0 radical (unpaired) electrons. The lowest BCUT2D eigenvalue weighted by Crippen LogP contribution is -2.31. The van der Waals surface area contributed by atoms with Crippen LogP contribution in [-0.4, -0.2) is 15.0 Å². The van der Waals surface area contributed by atoms with Crippen LogP contribution in [0.4, 0.5) is 11.4 Å². The first kappa shape index (κ1) is 13.9. The second kappa shape index (κ2) is 4.75. The molecule has 2 aromatic rings. The third-order valence-corrected chi connectivity index (χ3v) is 5.50. The third kappa shape index (κ3) is 2.16. The number of sulfonamides is 1. The van der Waals surface area contributed by atoms with E-state index in [4.69, 9.17) is 11.5 Å². The molecule has 0 saturated heterocycles. The van der Waals surface area contributed by atoms with E-state index in [1.165, 1.54) is 4.31 Å². The van der Waals surface area contributed by atoms with E-state index in [1.54, 1.807) is 36.4 Å². The van der Waals surface area contributed by atoms with Crippen LogP contribution in [0.3, 0.4) is 0 Å². The highest BCUT2D eigenvalue weighted by atomic mass is 32.2. The number of nitrogen functional groups attached to an aromatic ring is 1. The van der Waals surface area contributed by atoms with E-state index in [2.05, 4.69) is 0 Å². The smallest absolute Gasteiger partial charge is 0.264 e. The Balaban J connectivity index is 2.12. The molecular weight excluding hydrogens is 286 g/mol. The summed E-state index contributed by atoms with van der Waals surface area (Å²) in [7, 11) is -3.65. The van der Waals surface area contributed by atoms with E-state index in [0.29, 0.717) is 11.4 Å². The lowest BCUT2D eigenvalue weighted by molar-refractivity contribution is 0.590. The van der Waals surface area contributed by atoms with Crippen molar-refractivity contribution in [3.63, 3.8) is 0 Å². The second-order valence-electron chi connectivity index (χ2n) is 5.24. The number of benzene rings is 2. The Hall–Kier alpha value is -2.05. The van der Waals surface area contributed by atoms with Crippen molar-refractivity contribution in [3.05, 3.63) is 53.6 Å². The Labute approximate surface area is 124 Å². The van der Waals surface area contributed by atoms with Gasteiger partial charge in [0.15, 0.2) is 0 Å². The van der Waals surface area contributed by atoms with Gasteiger partial charge in [0.1, 0.15) is 0 Å². The molecule has 0 saturated carbocycles. The molecule has 0 fully saturated rings. The van der Waals surface area contributed by atoms with E-state index >= 15 is 0 Å². The third-order valence-electron chi connectivity index (χ3n) is 3.72. The molecule has 21 heavy (non-hydrogen) atoms. The molecule has 1 unspecified atom stereocenters. The van der Waals surface area contributed by atoms with E-state index in [9.17, 15) is 8.42 Å². The normalized spacial score (nSPS) is 17.8. The van der Waals surface area contributed by atoms with Gasteiger partial charge in [-0.15, -0.1) is 0 Å². The lowest BCUT2D eigenvalue weighted by Gasteiger charge is -2.21. The number of rotatable bonds is 2. The van der Waals surface area contributed by atoms with Gasteiger partial charge in [0.25, 0.3) is 10.0 Å². The van der Waals surface area contributed by atoms with Crippen molar-refractivity contribution in [1.82, 2.24) is 0 Å². The number of hydrogen-bond acceptors (Lipinski definition) is 4. The summed E-state index contributed by atoms with van der Waals surface area (Å²) in [5.41, 5.74) is 14.7. The first-order valence-electron chi connectivity index (χ1n) is 6.64. The number of nitrogens with zero attached hydrogens (tertiary/aromatic N) is 1. The number of para-hydroxylation sites is 1. The van der Waals surface area contributed by atoms with Gasteiger partial charge in [-0.3, -0.25) is 4.31 Å². The van der Waals surface area contributed by atoms with Crippen molar-refractivity contribution in [2.24, 2.45) is 5.73 Å². The Kier molecular flexibility index (Phi) is 3.15. The molecule has 1 atom stereocenters. The predicted octanol–water partition coefficient (Wildman–Crippen LogP) is 1.79. The molecule has 1 heterocycles. The summed E-state index contributed by atoms with van der Waals surface area (Å²) in [4.78, 5) is 0.247. The van der Waals surface area contributed by atoms with Gasteiger partial charge in [0, 0.05) is 0 Å². The van der Waals surface area contributed by atoms with Gasteiger partial charge in [0.05, 0.1) is 28.9 Å². The summed E-state index contributed by atoms with van der Waals surface area (Å²) < 4.78 is 27.0. The van der Waals surface area contributed by atoms with Crippen LogP contribution in [0.2, 0.25) is 0 Å². The zero-order valence-corrected chi connectivity index (χ0v) is 12.5. The van der Waals surface area contributed by atoms with Crippen LogP contribution < -0.4 is 15.8 Å². The monoisotopic (exact) mass is 303 g/mol. The lowest BCUT2D eigenvalue weighted by atomic mass is 10.1. The van der Waals surface area contributed by atoms with E-state index in [1.807, 2.05) is 13.0 Å². The maximum absolute atomic E-state index is 12.8. The zero-order chi connectivity index (χ0) is 15.2. The Morgan fingerprint density at radius 2 is 1.81 bits per heavy atom. The van der Waals surface area contributed by atoms with Crippen LogP contribution in [-0.2, 0) is 10.0 Å². The summed E-state index contributed by atoms with van der Waals surface area (Å²) >= 11 is 0. The SMILES string of the molecule is Cc1ccc(S(=O)(=O)N2CC(N)c3cccc(N)c32)cc1. The number of nitrogens with two attached hydrogens (primary N) is 2. The Bertz CT molecular complexity index is 785. The van der Waals surface area contributed by atoms with E-state index < -0.39 is 10.0 Å². The van der Waals surface area contributed by atoms with Crippen LogP contribution >= 0.6 is 0 Å². The summed E-state index contributed by atoms with van der Waals surface area (Å²) in [6, 6.07) is 11.7. The fraction of sp³-hybridized carbons (Fsp3) is 0.200. The maximum atomic E-state index is 12.8. The van der Waals surface area contributed by atoms with Crippen LogP contribution in [0.25, 0.3) is 0 Å². The van der Waals surface area contributed by atoms with Crippen LogP contribution in [0, 0.1) is 6.92 Å². The van der Waals surface area contributed by atoms with Gasteiger partial charge >= 0.3 is 0 Å². The fourth-order valence-corrected chi connectivity index (χ4v) is 4.13. The quantitative estimate of drug-likeness (QED) is 0.828. The van der Waals surface area contributed by atoms with Crippen LogP contribution in [0.5, 0.6) is 0 Å². The molecular formula is C15H17N3O2S. The van der Waals surface area contributed by atoms with Gasteiger partial charge in [0.2, 0.25) is 0 Å². The van der Waals surface area contributed by atoms with Gasteiger partial charge in [-0.2, -0.15) is 0 Å². The zero-order valence-electron chi connectivity index (χ0n) is 11.7. The maximum Gasteiger partial charge on any atom is 0.264 e. The van der Waals surface area contributed by atoms with E-state index in [0.717, 1.165) is 11.1 Å². The summed E-state index contributed by atoms with van der Waals surface area (Å²) in [5, 5.41) is 0. The molecule has 0 spiro atoms. The molecule has 0 amide bonds. The summed E-state index contributed by atoms with van der Waals surface area (Å²) in [6.07, 6.45) is 0. The fourth-order valence-electron chi connectivity index (χ4n) is 2.59. The highest BCUT2D eigenvalue weighted by molar-refractivity contribution is 7.92. The van der Waals surface area contributed by atoms with Gasteiger partial charge in [-0.05, 0) is 30.7 Å². The standard InChI is InChI=1S/C15H17N3O2S/c1-10-5-7-11(8-6-10)21(19,20)18-9-14(17)12-3-2-4-13(16)15(12)18/h2-8,14H,9,16-17H2,1H3. The van der Waals surface area contributed by atoms with Crippen molar-refractivity contribution in [2.45, 2.75) is 17.9 Å². The molecule has 6 heteroatoms. The van der Waals surface area contributed by atoms with Crippen LogP contribution in [0.1, 0.15) is 17.2 Å². The molecule has 0 aliphatic carbocycles. The number of aryl methyl sites for hydroxylation is 1. The molecule has 4 N–H and O–H groups in total. The number of fused-ring (bicyclic) bond motifs is 1. The van der Waals surface area contributed by atoms with Crippen molar-refractivity contribution in [3.8, 4) is 0 Å². The second-order valence-corrected chi connectivity index (χ2v) is 7.10. The summed E-state index contributed by atoms with van der Waals surface area (Å²) in [5.74, 6) is 0. The average molecular weight is 303 g/mol. The molecule has 2 aromatic carbocycles. The largest absolute Gasteiger partial charge is 0.397 e. The minimum absolute atomic E-state index is 0.208. The van der Waals surface area contributed by atoms with Gasteiger partial charge in [-0.1, -0.05) is 29.8 Å². The topological polar surface area (TPSA) is 89.4 Å². The predicted molar refractivity (Wildman–Crippen MR) is 83.5 cm³/mol. The Morgan fingerprint density at radius 1 is 1.14 bits per heavy atom. The first-order valence-corrected chi connectivity index (χ1v) is 8.08. The van der Waals surface area contributed by atoms with Crippen molar-refractivity contribution < 1.29 is 8.42 Å². The molecule has 0 bridgehead atoms. The number of anilines is 2. The molecule has 3 rings (SSSR count). The molecule has 110 valence electrons. The molecule has 0 aromatic heterocycles. The highest BCUT2D eigenvalue weighted by Crippen LogP contribution is 2.41. The molecule has 1 aliphatic heterocycles. The Morgan fingerprint density at radius 3 is 2.48 bits per heavy atom. The first-order chi connectivity index (χ1) is 9.91. The average Bonchev–Trinajstić information content (AvgIpc) is 2.79. The minimum Gasteiger partial charge on any atom is -0.397 e. The van der Waals surface area contributed by atoms with E-state index in [-0.39, 0.29) is 17.5 Å². The minimum atomic E-state index is -3.65. The van der Waals surface area contributed by atoms with Crippen molar-refractivity contribution in [2.75, 3.05) is 16.6 Å². The van der Waals surface area contributed by atoms with Crippen molar-refractivity contribution >= 4 is 21.4 Å². The number of hydrogen-bond donors (Lipinski definition) is 2. The van der Waals surface area contributed by atoms with Gasteiger partial charge in [-0.25, -0.2) is 8.42 Å². The van der Waals surface area contributed by atoms with Crippen LogP contribution in [0.15, 0.2) is 47.4 Å².